The van der Waals surface area contributed by atoms with Gasteiger partial charge in [-0.05, 0) is 24.6 Å². The summed E-state index contributed by atoms with van der Waals surface area (Å²) in [5.74, 6) is -0.302. The summed E-state index contributed by atoms with van der Waals surface area (Å²) in [7, 11) is 0. The fourth-order valence-electron chi connectivity index (χ4n) is 1.69. The zero-order chi connectivity index (χ0) is 12.3. The molecule has 17 heavy (non-hydrogen) atoms. The van der Waals surface area contributed by atoms with Crippen LogP contribution in [0.3, 0.4) is 0 Å². The van der Waals surface area contributed by atoms with Gasteiger partial charge in [0.1, 0.15) is 10.8 Å². The topological polar surface area (TPSA) is 44.5 Å². The van der Waals surface area contributed by atoms with Crippen molar-refractivity contribution in [2.24, 2.45) is 5.73 Å². The first-order valence-electron chi connectivity index (χ1n) is 5.44. The van der Waals surface area contributed by atoms with Crippen molar-refractivity contribution in [2.45, 2.75) is 19.1 Å². The van der Waals surface area contributed by atoms with Crippen LogP contribution in [0.15, 0.2) is 18.2 Å². The van der Waals surface area contributed by atoms with E-state index in [1.165, 1.54) is 6.07 Å². The van der Waals surface area contributed by atoms with E-state index in [-0.39, 0.29) is 23.5 Å². The Bertz CT molecular complexity index is 419. The van der Waals surface area contributed by atoms with E-state index in [9.17, 15) is 4.39 Å². The Labute approximate surface area is 105 Å². The average molecular weight is 255 g/mol. The summed E-state index contributed by atoms with van der Waals surface area (Å²) >= 11 is 4.85. The Morgan fingerprint density at radius 1 is 1.59 bits per heavy atom. The lowest BCUT2D eigenvalue weighted by Crippen LogP contribution is -2.14. The highest BCUT2D eigenvalue weighted by atomic mass is 32.1. The van der Waals surface area contributed by atoms with Crippen molar-refractivity contribution in [1.29, 1.82) is 0 Å². The lowest BCUT2D eigenvalue weighted by atomic mass is 10.1. The van der Waals surface area contributed by atoms with Crippen LogP contribution in [-0.4, -0.2) is 24.3 Å². The summed E-state index contributed by atoms with van der Waals surface area (Å²) in [6.07, 6.45) is 0.916. The van der Waals surface area contributed by atoms with Gasteiger partial charge in [-0.1, -0.05) is 12.2 Å². The number of hydrogen-bond acceptors (Lipinski definition) is 3. The Hall–Kier alpha value is -1.04. The van der Waals surface area contributed by atoms with Crippen LogP contribution >= 0.6 is 12.2 Å². The Morgan fingerprint density at radius 3 is 3.06 bits per heavy atom. The van der Waals surface area contributed by atoms with Gasteiger partial charge in [-0.3, -0.25) is 0 Å². The SMILES string of the molecule is NC(=S)c1ccc(F)c(COC2CCOC2)c1. The van der Waals surface area contributed by atoms with Gasteiger partial charge in [-0.15, -0.1) is 0 Å². The third-order valence-corrected chi connectivity index (χ3v) is 2.93. The van der Waals surface area contributed by atoms with Crippen LogP contribution in [0, 0.1) is 5.82 Å². The molecular formula is C12H14FNO2S. The summed E-state index contributed by atoms with van der Waals surface area (Å²) in [4.78, 5) is 0.260. The molecule has 2 N–H and O–H groups in total. The molecule has 0 saturated carbocycles. The number of hydrogen-bond donors (Lipinski definition) is 1. The number of ether oxygens (including phenoxy) is 2. The third kappa shape index (κ3) is 3.21. The maximum Gasteiger partial charge on any atom is 0.128 e. The third-order valence-electron chi connectivity index (χ3n) is 2.69. The molecule has 1 aromatic rings. The molecule has 1 aromatic carbocycles. The summed E-state index contributed by atoms with van der Waals surface area (Å²) in [5, 5.41) is 0. The summed E-state index contributed by atoms with van der Waals surface area (Å²) < 4.78 is 24.2. The average Bonchev–Trinajstić information content (AvgIpc) is 2.80. The number of rotatable bonds is 4. The first-order chi connectivity index (χ1) is 8.16. The molecular weight excluding hydrogens is 241 g/mol. The Morgan fingerprint density at radius 2 is 2.41 bits per heavy atom. The van der Waals surface area contributed by atoms with Crippen LogP contribution in [0.5, 0.6) is 0 Å². The normalized spacial score (nSPS) is 19.5. The summed E-state index contributed by atoms with van der Waals surface area (Å²) in [6, 6.07) is 4.56. The van der Waals surface area contributed by atoms with Crippen LogP contribution in [0.1, 0.15) is 17.5 Å². The second-order valence-corrected chi connectivity index (χ2v) is 4.41. The molecule has 2 rings (SSSR count). The number of thiocarbonyl (C=S) groups is 1. The monoisotopic (exact) mass is 255 g/mol. The number of benzene rings is 1. The molecule has 3 nitrogen and oxygen atoms in total. The minimum absolute atomic E-state index is 0.0582. The van der Waals surface area contributed by atoms with E-state index in [0.717, 1.165) is 6.42 Å². The van der Waals surface area contributed by atoms with Gasteiger partial charge in [-0.2, -0.15) is 0 Å². The van der Waals surface area contributed by atoms with Crippen LogP contribution < -0.4 is 5.73 Å². The van der Waals surface area contributed by atoms with Crippen LogP contribution in [0.25, 0.3) is 0 Å². The standard InChI is InChI=1S/C12H14FNO2S/c13-11-2-1-8(12(14)17)5-9(11)6-16-10-3-4-15-7-10/h1-2,5,10H,3-4,6-7H2,(H2,14,17). The van der Waals surface area contributed by atoms with Gasteiger partial charge >= 0.3 is 0 Å². The summed E-state index contributed by atoms with van der Waals surface area (Å²) in [6.45, 7) is 1.51. The maximum atomic E-state index is 13.5. The highest BCUT2D eigenvalue weighted by Gasteiger charge is 2.16. The predicted octanol–water partition coefficient (Wildman–Crippen LogP) is 1.77. The zero-order valence-corrected chi connectivity index (χ0v) is 10.1. The second kappa shape index (κ2) is 5.53. The molecule has 1 unspecified atom stereocenters. The zero-order valence-electron chi connectivity index (χ0n) is 9.32. The van der Waals surface area contributed by atoms with Gasteiger partial charge in [-0.25, -0.2) is 4.39 Å². The Kier molecular flexibility index (Phi) is 4.04. The van der Waals surface area contributed by atoms with E-state index in [4.69, 9.17) is 27.4 Å². The van der Waals surface area contributed by atoms with Crippen molar-refractivity contribution < 1.29 is 13.9 Å². The van der Waals surface area contributed by atoms with Gasteiger partial charge in [0.25, 0.3) is 0 Å². The molecule has 1 atom stereocenters. The molecule has 0 spiro atoms. The highest BCUT2D eigenvalue weighted by molar-refractivity contribution is 7.80. The molecule has 1 aliphatic rings. The molecule has 0 aromatic heterocycles. The summed E-state index contributed by atoms with van der Waals surface area (Å²) in [5.41, 5.74) is 6.63. The van der Waals surface area contributed by atoms with Crippen molar-refractivity contribution >= 4 is 17.2 Å². The molecule has 0 aliphatic carbocycles. The minimum atomic E-state index is -0.302. The van der Waals surface area contributed by atoms with Crippen molar-refractivity contribution in [3.8, 4) is 0 Å². The van der Waals surface area contributed by atoms with Gasteiger partial charge in [0, 0.05) is 17.7 Å². The number of nitrogens with two attached hydrogens (primary N) is 1. The maximum absolute atomic E-state index is 13.5. The van der Waals surface area contributed by atoms with Crippen LogP contribution in [-0.2, 0) is 16.1 Å². The van der Waals surface area contributed by atoms with E-state index in [1.54, 1.807) is 12.1 Å². The molecule has 1 saturated heterocycles. The largest absolute Gasteiger partial charge is 0.389 e. The molecule has 92 valence electrons. The molecule has 0 amide bonds. The van der Waals surface area contributed by atoms with E-state index in [1.807, 2.05) is 0 Å². The fraction of sp³-hybridized carbons (Fsp3) is 0.417. The predicted molar refractivity (Wildman–Crippen MR) is 66.3 cm³/mol. The number of halogens is 1. The molecule has 1 fully saturated rings. The first-order valence-corrected chi connectivity index (χ1v) is 5.85. The van der Waals surface area contributed by atoms with Crippen molar-refractivity contribution in [1.82, 2.24) is 0 Å². The lowest BCUT2D eigenvalue weighted by molar-refractivity contribution is 0.0304. The highest BCUT2D eigenvalue weighted by Crippen LogP contribution is 2.15. The fourth-order valence-corrected chi connectivity index (χ4v) is 1.82. The van der Waals surface area contributed by atoms with E-state index in [2.05, 4.69) is 0 Å². The van der Waals surface area contributed by atoms with Crippen LogP contribution in [0.2, 0.25) is 0 Å². The van der Waals surface area contributed by atoms with Gasteiger partial charge in [0.15, 0.2) is 0 Å². The molecule has 0 radical (unpaired) electrons. The smallest absolute Gasteiger partial charge is 0.128 e. The van der Waals surface area contributed by atoms with Crippen molar-refractivity contribution in [3.63, 3.8) is 0 Å². The Balaban J connectivity index is 2.03. The van der Waals surface area contributed by atoms with Crippen LogP contribution in [0.4, 0.5) is 4.39 Å². The molecule has 0 bridgehead atoms. The minimum Gasteiger partial charge on any atom is -0.389 e. The lowest BCUT2D eigenvalue weighted by Gasteiger charge is -2.11. The first kappa shape index (κ1) is 12.4. The van der Waals surface area contributed by atoms with Crippen molar-refractivity contribution in [2.75, 3.05) is 13.2 Å². The van der Waals surface area contributed by atoms with Crippen molar-refractivity contribution in [3.05, 3.63) is 35.1 Å². The quantitative estimate of drug-likeness (QED) is 0.833. The van der Waals surface area contributed by atoms with Gasteiger partial charge < -0.3 is 15.2 Å². The van der Waals surface area contributed by atoms with Gasteiger partial charge in [0.05, 0.1) is 19.3 Å². The second-order valence-electron chi connectivity index (χ2n) is 3.97. The van der Waals surface area contributed by atoms with Gasteiger partial charge in [0.2, 0.25) is 0 Å². The molecule has 1 aliphatic heterocycles. The van der Waals surface area contributed by atoms with E-state index >= 15 is 0 Å². The van der Waals surface area contributed by atoms with E-state index < -0.39 is 0 Å². The van der Waals surface area contributed by atoms with E-state index in [0.29, 0.717) is 24.3 Å². The molecule has 1 heterocycles. The molecule has 5 heteroatoms.